The highest BCUT2D eigenvalue weighted by atomic mass is 32.1. The maximum atomic E-state index is 12.8. The van der Waals surface area contributed by atoms with E-state index in [0.29, 0.717) is 11.1 Å². The highest BCUT2D eigenvalue weighted by Crippen LogP contribution is 2.36. The van der Waals surface area contributed by atoms with Gasteiger partial charge in [-0.25, -0.2) is 0 Å². The lowest BCUT2D eigenvalue weighted by atomic mass is 9.95. The summed E-state index contributed by atoms with van der Waals surface area (Å²) in [5.41, 5.74) is 4.07. The van der Waals surface area contributed by atoms with Crippen LogP contribution < -0.4 is 4.74 Å². The number of likely N-dealkylation sites (N-methyl/N-ethyl adjacent to an activating group) is 1. The SMILES string of the molecule is CCN1C(=O)C(C#N)=C(C)/C(=C/c2cc3c(cc(-c4ccc(OC)cc4)n3C)s2)C1=O. The summed E-state index contributed by atoms with van der Waals surface area (Å²) in [7, 11) is 3.65. The van der Waals surface area contributed by atoms with Crippen LogP contribution in [-0.2, 0) is 16.6 Å². The van der Waals surface area contributed by atoms with Crippen LogP contribution in [0.3, 0.4) is 0 Å². The van der Waals surface area contributed by atoms with Gasteiger partial charge in [0.05, 0.1) is 17.3 Å². The van der Waals surface area contributed by atoms with E-state index < -0.39 is 5.91 Å². The van der Waals surface area contributed by atoms with E-state index in [9.17, 15) is 14.9 Å². The minimum absolute atomic E-state index is 0.0237. The highest BCUT2D eigenvalue weighted by Gasteiger charge is 2.34. The number of ether oxygens (including phenoxy) is 1. The Morgan fingerprint density at radius 1 is 1.16 bits per heavy atom. The number of amides is 2. The van der Waals surface area contributed by atoms with Gasteiger partial charge in [-0.1, -0.05) is 0 Å². The van der Waals surface area contributed by atoms with Gasteiger partial charge in [-0.05, 0) is 67.5 Å². The number of benzene rings is 1. The predicted molar refractivity (Wildman–Crippen MR) is 121 cm³/mol. The number of imide groups is 1. The second-order valence-corrected chi connectivity index (χ2v) is 8.36. The zero-order valence-electron chi connectivity index (χ0n) is 17.7. The number of fused-ring (bicyclic) bond motifs is 1. The molecular formula is C24H21N3O3S. The molecule has 0 bridgehead atoms. The number of methoxy groups -OCH3 is 1. The number of thiophene rings is 1. The summed E-state index contributed by atoms with van der Waals surface area (Å²) < 4.78 is 8.44. The van der Waals surface area contributed by atoms with Crippen molar-refractivity contribution in [2.45, 2.75) is 13.8 Å². The molecule has 1 aliphatic heterocycles. The number of carbonyl (C=O) groups is 2. The van der Waals surface area contributed by atoms with Crippen LogP contribution >= 0.6 is 11.3 Å². The normalized spacial score (nSPS) is 15.8. The Balaban J connectivity index is 1.76. The molecule has 4 rings (SSSR count). The maximum absolute atomic E-state index is 12.8. The molecule has 0 saturated heterocycles. The molecule has 0 N–H and O–H groups in total. The Kier molecular flexibility index (Phi) is 5.25. The van der Waals surface area contributed by atoms with Crippen LogP contribution in [0.2, 0.25) is 0 Å². The van der Waals surface area contributed by atoms with Gasteiger partial charge in [0.15, 0.2) is 0 Å². The number of rotatable bonds is 4. The third-order valence-electron chi connectivity index (χ3n) is 5.56. The summed E-state index contributed by atoms with van der Waals surface area (Å²) in [6.45, 7) is 3.61. The van der Waals surface area contributed by atoms with E-state index in [1.165, 1.54) is 0 Å². The van der Waals surface area contributed by atoms with E-state index in [1.54, 1.807) is 38.4 Å². The zero-order valence-corrected chi connectivity index (χ0v) is 18.5. The van der Waals surface area contributed by atoms with Crippen LogP contribution in [0.15, 0.2) is 53.1 Å². The standard InChI is InChI=1S/C24H21N3O3S/c1-5-27-23(28)18(14(2)19(13-25)24(27)29)10-17-11-21-22(31-17)12-20(26(21)3)15-6-8-16(30-4)9-7-15/h6-12H,5H2,1-4H3/b18-10-. The van der Waals surface area contributed by atoms with Gasteiger partial charge in [-0.3, -0.25) is 14.5 Å². The zero-order chi connectivity index (χ0) is 22.3. The molecule has 156 valence electrons. The van der Waals surface area contributed by atoms with Crippen molar-refractivity contribution in [1.29, 1.82) is 5.26 Å². The molecule has 0 radical (unpaired) electrons. The van der Waals surface area contributed by atoms with Crippen molar-refractivity contribution in [3.05, 3.63) is 58.0 Å². The van der Waals surface area contributed by atoms with Crippen molar-refractivity contribution < 1.29 is 14.3 Å². The smallest absolute Gasteiger partial charge is 0.271 e. The molecule has 3 aromatic rings. The first-order chi connectivity index (χ1) is 14.9. The van der Waals surface area contributed by atoms with Crippen molar-refractivity contribution in [3.8, 4) is 23.1 Å². The monoisotopic (exact) mass is 431 g/mol. The molecule has 6 nitrogen and oxygen atoms in total. The van der Waals surface area contributed by atoms with Gasteiger partial charge >= 0.3 is 0 Å². The van der Waals surface area contributed by atoms with Crippen LogP contribution in [0.25, 0.3) is 27.6 Å². The largest absolute Gasteiger partial charge is 0.497 e. The first kappa shape index (κ1) is 20.6. The average Bonchev–Trinajstić information content (AvgIpc) is 3.30. The second-order valence-electron chi connectivity index (χ2n) is 7.24. The summed E-state index contributed by atoms with van der Waals surface area (Å²) in [4.78, 5) is 27.2. The van der Waals surface area contributed by atoms with Gasteiger partial charge in [0.1, 0.15) is 17.4 Å². The first-order valence-corrected chi connectivity index (χ1v) is 10.6. The number of hydrogen-bond donors (Lipinski definition) is 0. The summed E-state index contributed by atoms with van der Waals surface area (Å²) in [5, 5.41) is 9.40. The van der Waals surface area contributed by atoms with Crippen molar-refractivity contribution in [1.82, 2.24) is 9.47 Å². The van der Waals surface area contributed by atoms with Crippen molar-refractivity contribution in [2.75, 3.05) is 13.7 Å². The number of nitrogens with zero attached hydrogens (tertiary/aromatic N) is 3. The lowest BCUT2D eigenvalue weighted by molar-refractivity contribution is -0.140. The molecule has 1 aromatic carbocycles. The summed E-state index contributed by atoms with van der Waals surface area (Å²) in [5.74, 6) is -0.0731. The van der Waals surface area contributed by atoms with E-state index >= 15 is 0 Å². The van der Waals surface area contributed by atoms with Gasteiger partial charge in [0, 0.05) is 29.7 Å². The van der Waals surface area contributed by atoms with E-state index in [0.717, 1.165) is 37.0 Å². The molecule has 3 heterocycles. The lowest BCUT2D eigenvalue weighted by Crippen LogP contribution is -2.42. The molecule has 0 atom stereocenters. The molecule has 0 spiro atoms. The molecule has 2 aromatic heterocycles. The Morgan fingerprint density at radius 3 is 2.45 bits per heavy atom. The Bertz CT molecular complexity index is 1320. The highest BCUT2D eigenvalue weighted by molar-refractivity contribution is 7.19. The minimum Gasteiger partial charge on any atom is -0.497 e. The molecule has 0 aliphatic carbocycles. The molecule has 0 unspecified atom stereocenters. The van der Waals surface area contributed by atoms with E-state index in [-0.39, 0.29) is 18.0 Å². The third kappa shape index (κ3) is 3.35. The molecule has 0 saturated carbocycles. The molecule has 31 heavy (non-hydrogen) atoms. The van der Waals surface area contributed by atoms with Crippen molar-refractivity contribution in [3.63, 3.8) is 0 Å². The van der Waals surface area contributed by atoms with Gasteiger partial charge < -0.3 is 9.30 Å². The average molecular weight is 432 g/mol. The number of aromatic nitrogens is 1. The second kappa shape index (κ2) is 7.89. The Labute approximate surface area is 184 Å². The number of carbonyl (C=O) groups excluding carboxylic acids is 2. The van der Waals surface area contributed by atoms with E-state index in [2.05, 4.69) is 10.6 Å². The van der Waals surface area contributed by atoms with Gasteiger partial charge in [-0.15, -0.1) is 11.3 Å². The summed E-state index contributed by atoms with van der Waals surface area (Å²) in [6.07, 6.45) is 1.78. The minimum atomic E-state index is -0.523. The quantitative estimate of drug-likeness (QED) is 0.449. The van der Waals surface area contributed by atoms with Crippen molar-refractivity contribution in [2.24, 2.45) is 7.05 Å². The fourth-order valence-electron chi connectivity index (χ4n) is 3.80. The first-order valence-electron chi connectivity index (χ1n) is 9.82. The Hall–Kier alpha value is -3.63. The third-order valence-corrected chi connectivity index (χ3v) is 6.58. The van der Waals surface area contributed by atoms with Crippen LogP contribution in [0.4, 0.5) is 0 Å². The Morgan fingerprint density at radius 2 is 1.87 bits per heavy atom. The number of nitriles is 1. The van der Waals surface area contributed by atoms with E-state index in [4.69, 9.17) is 4.74 Å². The van der Waals surface area contributed by atoms with Crippen LogP contribution in [0, 0.1) is 11.3 Å². The molecule has 2 amide bonds. The number of aryl methyl sites for hydroxylation is 1. The van der Waals surface area contributed by atoms with Crippen LogP contribution in [0.1, 0.15) is 18.7 Å². The van der Waals surface area contributed by atoms with Gasteiger partial charge in [0.25, 0.3) is 11.8 Å². The van der Waals surface area contributed by atoms with Crippen molar-refractivity contribution >= 4 is 39.4 Å². The number of hydrogen-bond acceptors (Lipinski definition) is 5. The predicted octanol–water partition coefficient (Wildman–Crippen LogP) is 4.53. The van der Waals surface area contributed by atoms with Gasteiger partial charge in [0.2, 0.25) is 0 Å². The van der Waals surface area contributed by atoms with Crippen LogP contribution in [0.5, 0.6) is 5.75 Å². The van der Waals surface area contributed by atoms with Crippen LogP contribution in [-0.4, -0.2) is 34.9 Å². The molecule has 0 fully saturated rings. The fraction of sp³-hybridized carbons (Fsp3) is 0.208. The summed E-state index contributed by atoms with van der Waals surface area (Å²) >= 11 is 1.57. The molecule has 7 heteroatoms. The van der Waals surface area contributed by atoms with E-state index in [1.807, 2.05) is 43.4 Å². The summed E-state index contributed by atoms with van der Waals surface area (Å²) in [6, 6.07) is 14.0. The lowest BCUT2D eigenvalue weighted by Gasteiger charge is -2.26. The fourth-order valence-corrected chi connectivity index (χ4v) is 4.87. The topological polar surface area (TPSA) is 75.3 Å². The van der Waals surface area contributed by atoms with Gasteiger partial charge in [-0.2, -0.15) is 5.26 Å². The maximum Gasteiger partial charge on any atom is 0.271 e. The molecular weight excluding hydrogens is 410 g/mol. The molecule has 1 aliphatic rings.